The molecule has 144 valence electrons. The number of non-ortho nitro benzene ring substituents is 1. The monoisotopic (exact) mass is 405 g/mol. The van der Waals surface area contributed by atoms with Crippen molar-refractivity contribution in [3.8, 4) is 21.7 Å². The lowest BCUT2D eigenvalue weighted by molar-refractivity contribution is -0.384. The van der Waals surface area contributed by atoms with E-state index in [1.54, 1.807) is 24.3 Å². The molecule has 0 unspecified atom stereocenters. The van der Waals surface area contributed by atoms with Gasteiger partial charge in [0.2, 0.25) is 0 Å². The molecule has 2 aromatic carbocycles. The van der Waals surface area contributed by atoms with Crippen molar-refractivity contribution in [1.29, 1.82) is 0 Å². The van der Waals surface area contributed by atoms with Crippen LogP contribution >= 0.6 is 11.3 Å². The van der Waals surface area contributed by atoms with E-state index in [0.29, 0.717) is 10.8 Å². The van der Waals surface area contributed by atoms with Gasteiger partial charge >= 0.3 is 0 Å². The van der Waals surface area contributed by atoms with Crippen LogP contribution in [0.2, 0.25) is 0 Å². The maximum absolute atomic E-state index is 12.3. The van der Waals surface area contributed by atoms with Gasteiger partial charge in [-0.2, -0.15) is 0 Å². The number of nitrogens with one attached hydrogen (secondary N) is 1. The minimum atomic E-state index is -0.438. The van der Waals surface area contributed by atoms with E-state index in [1.807, 2.05) is 31.2 Å². The number of nitro groups is 1. The van der Waals surface area contributed by atoms with Crippen LogP contribution in [-0.2, 0) is 0 Å². The molecule has 0 atom stereocenters. The summed E-state index contributed by atoms with van der Waals surface area (Å²) in [5, 5.41) is 14.1. The van der Waals surface area contributed by atoms with Gasteiger partial charge in [-0.3, -0.25) is 20.2 Å². The van der Waals surface area contributed by atoms with Crippen LogP contribution in [0.1, 0.15) is 16.1 Å². The molecular weight excluding hydrogens is 390 g/mol. The Labute approximate surface area is 169 Å². The molecule has 4 aromatic rings. The Balaban J connectivity index is 1.75. The van der Waals surface area contributed by atoms with Crippen LogP contribution < -0.4 is 5.32 Å². The summed E-state index contributed by atoms with van der Waals surface area (Å²) >= 11 is 1.30. The lowest BCUT2D eigenvalue weighted by atomic mass is 10.1. The van der Waals surface area contributed by atoms with Gasteiger partial charge in [0.15, 0.2) is 10.9 Å². The zero-order valence-electron chi connectivity index (χ0n) is 15.3. The van der Waals surface area contributed by atoms with Crippen molar-refractivity contribution >= 4 is 28.1 Å². The van der Waals surface area contributed by atoms with Gasteiger partial charge in [-0.15, -0.1) is 0 Å². The molecule has 1 amide bonds. The Bertz CT molecular complexity index is 1160. The van der Waals surface area contributed by atoms with Crippen LogP contribution in [0.4, 0.5) is 10.8 Å². The highest BCUT2D eigenvalue weighted by Gasteiger charge is 2.18. The van der Waals surface area contributed by atoms with Crippen molar-refractivity contribution < 1.29 is 14.1 Å². The molecule has 2 aromatic heterocycles. The van der Waals surface area contributed by atoms with Crippen LogP contribution in [0.5, 0.6) is 0 Å². The smallest absolute Gasteiger partial charge is 0.293 e. The molecule has 0 fully saturated rings. The van der Waals surface area contributed by atoms with Crippen LogP contribution in [0.25, 0.3) is 21.7 Å². The first-order valence-corrected chi connectivity index (χ1v) is 9.50. The van der Waals surface area contributed by atoms with Crippen molar-refractivity contribution in [2.45, 2.75) is 6.92 Å². The first-order valence-electron chi connectivity index (χ1n) is 8.69. The molecule has 1 N–H and O–H groups in total. The molecule has 0 spiro atoms. The standard InChI is InChI=1S/C21H15N3O4S/c1-13-4-6-14(7-5-13)18-19(15-8-10-16(11-9-15)24(26)27)29-21(22-18)23-20(25)17-3-2-12-28-17/h2-12H,1H3,(H,22,23,25). The normalized spacial score (nSPS) is 10.7. The maximum Gasteiger partial charge on any atom is 0.293 e. The highest BCUT2D eigenvalue weighted by molar-refractivity contribution is 7.19. The van der Waals surface area contributed by atoms with E-state index < -0.39 is 10.8 Å². The fourth-order valence-corrected chi connectivity index (χ4v) is 3.77. The van der Waals surface area contributed by atoms with Gasteiger partial charge in [-0.1, -0.05) is 41.2 Å². The van der Waals surface area contributed by atoms with Gasteiger partial charge in [0, 0.05) is 17.7 Å². The number of nitrogens with zero attached hydrogens (tertiary/aromatic N) is 2. The van der Waals surface area contributed by atoms with Crippen molar-refractivity contribution in [3.63, 3.8) is 0 Å². The molecule has 0 saturated carbocycles. The zero-order valence-corrected chi connectivity index (χ0v) is 16.1. The fraction of sp³-hybridized carbons (Fsp3) is 0.0476. The van der Waals surface area contributed by atoms with E-state index >= 15 is 0 Å². The van der Waals surface area contributed by atoms with Crippen LogP contribution in [0, 0.1) is 17.0 Å². The number of nitro benzene ring substituents is 1. The third kappa shape index (κ3) is 3.92. The molecule has 4 rings (SSSR count). The van der Waals surface area contributed by atoms with E-state index in [0.717, 1.165) is 21.6 Å². The summed E-state index contributed by atoms with van der Waals surface area (Å²) in [6, 6.07) is 17.4. The van der Waals surface area contributed by atoms with Gasteiger partial charge < -0.3 is 4.42 Å². The third-order valence-electron chi connectivity index (χ3n) is 4.26. The average molecular weight is 405 g/mol. The highest BCUT2D eigenvalue weighted by Crippen LogP contribution is 2.39. The number of rotatable bonds is 5. The first-order chi connectivity index (χ1) is 14.0. The second-order valence-electron chi connectivity index (χ2n) is 6.30. The molecular formula is C21H15N3O4S. The number of aryl methyl sites for hydroxylation is 1. The molecule has 0 aliphatic rings. The SMILES string of the molecule is Cc1ccc(-c2nc(NC(=O)c3ccco3)sc2-c2ccc([N+](=O)[O-])cc2)cc1. The maximum atomic E-state index is 12.3. The number of aromatic nitrogens is 1. The van der Waals surface area contributed by atoms with Crippen molar-refractivity contribution in [1.82, 2.24) is 4.98 Å². The molecule has 8 heteroatoms. The van der Waals surface area contributed by atoms with E-state index in [2.05, 4.69) is 10.3 Å². The number of furan rings is 1. The fourth-order valence-electron chi connectivity index (χ4n) is 2.78. The number of hydrogen-bond donors (Lipinski definition) is 1. The summed E-state index contributed by atoms with van der Waals surface area (Å²) in [5.74, 6) is -0.205. The Morgan fingerprint density at radius 1 is 1.07 bits per heavy atom. The molecule has 0 aliphatic heterocycles. The van der Waals surface area contributed by atoms with Crippen molar-refractivity contribution in [2.24, 2.45) is 0 Å². The lowest BCUT2D eigenvalue weighted by Gasteiger charge is -2.03. The summed E-state index contributed by atoms with van der Waals surface area (Å²) in [4.78, 5) is 28.2. The number of benzene rings is 2. The topological polar surface area (TPSA) is 98.3 Å². The van der Waals surface area contributed by atoms with E-state index in [-0.39, 0.29) is 11.4 Å². The van der Waals surface area contributed by atoms with Gasteiger partial charge in [-0.05, 0) is 36.8 Å². The van der Waals surface area contributed by atoms with Crippen LogP contribution in [-0.4, -0.2) is 15.8 Å². The quantitative estimate of drug-likeness (QED) is 0.347. The van der Waals surface area contributed by atoms with Crippen LogP contribution in [0.3, 0.4) is 0 Å². The van der Waals surface area contributed by atoms with Gasteiger partial charge in [0.25, 0.3) is 11.6 Å². The minimum Gasteiger partial charge on any atom is -0.459 e. The summed E-state index contributed by atoms with van der Waals surface area (Å²) in [5.41, 5.74) is 3.49. The van der Waals surface area contributed by atoms with Crippen molar-refractivity contribution in [2.75, 3.05) is 5.32 Å². The summed E-state index contributed by atoms with van der Waals surface area (Å²) in [7, 11) is 0. The summed E-state index contributed by atoms with van der Waals surface area (Å²) in [6.07, 6.45) is 1.43. The number of carbonyl (C=O) groups excluding carboxylic acids is 1. The summed E-state index contributed by atoms with van der Waals surface area (Å²) in [6.45, 7) is 2.00. The zero-order chi connectivity index (χ0) is 20.4. The molecule has 2 heterocycles. The first kappa shape index (κ1) is 18.6. The number of hydrogen-bond acceptors (Lipinski definition) is 6. The average Bonchev–Trinajstić information content (AvgIpc) is 3.39. The molecule has 0 radical (unpaired) electrons. The Morgan fingerprint density at radius 2 is 1.76 bits per heavy atom. The molecule has 29 heavy (non-hydrogen) atoms. The Morgan fingerprint density at radius 3 is 2.38 bits per heavy atom. The number of anilines is 1. The van der Waals surface area contributed by atoms with Gasteiger partial charge in [-0.25, -0.2) is 4.98 Å². The molecule has 0 bridgehead atoms. The lowest BCUT2D eigenvalue weighted by Crippen LogP contribution is -2.10. The van der Waals surface area contributed by atoms with Crippen molar-refractivity contribution in [3.05, 3.63) is 88.4 Å². The van der Waals surface area contributed by atoms with Crippen LogP contribution in [0.15, 0.2) is 71.3 Å². The second kappa shape index (κ2) is 7.69. The second-order valence-corrected chi connectivity index (χ2v) is 7.30. The van der Waals surface area contributed by atoms with Gasteiger partial charge in [0.1, 0.15) is 0 Å². The van der Waals surface area contributed by atoms with E-state index in [9.17, 15) is 14.9 Å². The Kier molecular flexibility index (Phi) is 4.92. The van der Waals surface area contributed by atoms with Gasteiger partial charge in [0.05, 0.1) is 21.8 Å². The molecule has 7 nitrogen and oxygen atoms in total. The predicted molar refractivity (Wildman–Crippen MR) is 111 cm³/mol. The molecule has 0 aliphatic carbocycles. The van der Waals surface area contributed by atoms with E-state index in [1.165, 1.54) is 29.7 Å². The molecule has 0 saturated heterocycles. The largest absolute Gasteiger partial charge is 0.459 e. The minimum absolute atomic E-state index is 0.0153. The highest BCUT2D eigenvalue weighted by atomic mass is 32.1. The third-order valence-corrected chi connectivity index (χ3v) is 5.28. The predicted octanol–water partition coefficient (Wildman–Crippen LogP) is 5.54. The van der Waals surface area contributed by atoms with E-state index in [4.69, 9.17) is 4.42 Å². The number of carbonyl (C=O) groups is 1. The number of amides is 1. The number of thiazole rings is 1. The summed E-state index contributed by atoms with van der Waals surface area (Å²) < 4.78 is 5.12. The Hall–Kier alpha value is -3.78.